The number of carbonyl (C=O) groups is 1. The van der Waals surface area contributed by atoms with E-state index in [1.165, 1.54) is 5.56 Å². The summed E-state index contributed by atoms with van der Waals surface area (Å²) in [7, 11) is 0. The number of rotatable bonds is 6. The second kappa shape index (κ2) is 9.03. The molecular weight excluding hydrogens is 284 g/mol. The van der Waals surface area contributed by atoms with Gasteiger partial charge in [-0.2, -0.15) is 0 Å². The summed E-state index contributed by atoms with van der Waals surface area (Å²) in [5.41, 5.74) is 8.23. The van der Waals surface area contributed by atoms with E-state index in [4.69, 9.17) is 5.73 Å². The molecule has 2 aromatic rings. The number of benzene rings is 2. The number of nitrogen functional groups attached to an aromatic ring is 1. The molecule has 2 aromatic carbocycles. The van der Waals surface area contributed by atoms with Crippen molar-refractivity contribution in [2.75, 3.05) is 12.3 Å². The Morgan fingerprint density at radius 2 is 1.76 bits per heavy atom. The molecular formula is C17H21ClN2O. The Balaban J connectivity index is 0.00000220. The number of nitrogens with two attached hydrogens (primary N) is 1. The first-order chi connectivity index (χ1) is 9.75. The predicted molar refractivity (Wildman–Crippen MR) is 89.8 cm³/mol. The van der Waals surface area contributed by atoms with Crippen LogP contribution in [0.5, 0.6) is 0 Å². The molecule has 2 rings (SSSR count). The Morgan fingerprint density at radius 1 is 1.00 bits per heavy atom. The monoisotopic (exact) mass is 304 g/mol. The molecule has 0 aliphatic heterocycles. The lowest BCUT2D eigenvalue weighted by Gasteiger charge is -2.06. The maximum Gasteiger partial charge on any atom is 0.251 e. The lowest BCUT2D eigenvalue weighted by atomic mass is 10.1. The zero-order valence-electron chi connectivity index (χ0n) is 11.9. The third-order valence-corrected chi connectivity index (χ3v) is 3.17. The summed E-state index contributed by atoms with van der Waals surface area (Å²) in [6, 6.07) is 17.4. The van der Waals surface area contributed by atoms with Crippen LogP contribution in [0, 0.1) is 0 Å². The van der Waals surface area contributed by atoms with Crippen molar-refractivity contribution in [2.45, 2.75) is 19.3 Å². The molecule has 4 heteroatoms. The van der Waals surface area contributed by atoms with E-state index in [1.807, 2.05) is 6.07 Å². The maximum absolute atomic E-state index is 11.9. The van der Waals surface area contributed by atoms with Gasteiger partial charge in [0.2, 0.25) is 0 Å². The van der Waals surface area contributed by atoms with Gasteiger partial charge in [0, 0.05) is 17.8 Å². The molecule has 0 atom stereocenters. The van der Waals surface area contributed by atoms with Crippen molar-refractivity contribution < 1.29 is 4.79 Å². The summed E-state index contributed by atoms with van der Waals surface area (Å²) < 4.78 is 0. The van der Waals surface area contributed by atoms with Gasteiger partial charge in [-0.15, -0.1) is 12.4 Å². The number of unbranched alkanes of at least 4 members (excludes halogenated alkanes) is 1. The van der Waals surface area contributed by atoms with E-state index in [0.717, 1.165) is 19.3 Å². The highest BCUT2D eigenvalue weighted by Gasteiger charge is 2.04. The van der Waals surface area contributed by atoms with E-state index in [-0.39, 0.29) is 18.3 Å². The smallest absolute Gasteiger partial charge is 0.251 e. The highest BCUT2D eigenvalue weighted by Crippen LogP contribution is 2.07. The summed E-state index contributed by atoms with van der Waals surface area (Å²) in [6.07, 6.45) is 3.10. The average molecular weight is 305 g/mol. The van der Waals surface area contributed by atoms with Crippen LogP contribution in [-0.4, -0.2) is 12.5 Å². The number of nitrogens with one attached hydrogen (secondary N) is 1. The lowest BCUT2D eigenvalue weighted by Crippen LogP contribution is -2.24. The second-order valence-electron chi connectivity index (χ2n) is 4.82. The van der Waals surface area contributed by atoms with Gasteiger partial charge in [0.15, 0.2) is 0 Å². The number of halogens is 1. The molecule has 3 nitrogen and oxygen atoms in total. The molecule has 0 saturated heterocycles. The van der Waals surface area contributed by atoms with Gasteiger partial charge in [-0.1, -0.05) is 36.4 Å². The summed E-state index contributed by atoms with van der Waals surface area (Å²) >= 11 is 0. The zero-order valence-corrected chi connectivity index (χ0v) is 12.7. The molecule has 0 aliphatic carbocycles. The van der Waals surface area contributed by atoms with E-state index in [1.54, 1.807) is 24.3 Å². The van der Waals surface area contributed by atoms with Crippen LogP contribution in [0.25, 0.3) is 0 Å². The van der Waals surface area contributed by atoms with Gasteiger partial charge < -0.3 is 11.1 Å². The first-order valence-corrected chi connectivity index (χ1v) is 6.93. The van der Waals surface area contributed by atoms with Gasteiger partial charge >= 0.3 is 0 Å². The number of hydrogen-bond acceptors (Lipinski definition) is 2. The van der Waals surface area contributed by atoms with Crippen molar-refractivity contribution in [1.29, 1.82) is 0 Å². The first-order valence-electron chi connectivity index (χ1n) is 6.93. The van der Waals surface area contributed by atoms with Crippen molar-refractivity contribution in [2.24, 2.45) is 0 Å². The van der Waals surface area contributed by atoms with Crippen LogP contribution in [0.15, 0.2) is 54.6 Å². The van der Waals surface area contributed by atoms with Gasteiger partial charge in [-0.05, 0) is 43.0 Å². The van der Waals surface area contributed by atoms with Crippen LogP contribution in [0.1, 0.15) is 28.8 Å². The van der Waals surface area contributed by atoms with Crippen LogP contribution in [0.2, 0.25) is 0 Å². The van der Waals surface area contributed by atoms with Crippen LogP contribution in [0.4, 0.5) is 5.69 Å². The minimum atomic E-state index is -0.0583. The molecule has 0 radical (unpaired) electrons. The summed E-state index contributed by atoms with van der Waals surface area (Å²) in [5.74, 6) is -0.0583. The molecule has 0 bridgehead atoms. The first kappa shape index (κ1) is 17.1. The molecule has 0 saturated carbocycles. The predicted octanol–water partition coefficient (Wildman–Crippen LogP) is 3.44. The summed E-state index contributed by atoms with van der Waals surface area (Å²) in [6.45, 7) is 0.695. The number of carbonyl (C=O) groups excluding carboxylic acids is 1. The van der Waals surface area contributed by atoms with E-state index < -0.39 is 0 Å². The van der Waals surface area contributed by atoms with Gasteiger partial charge in [0.05, 0.1) is 0 Å². The van der Waals surface area contributed by atoms with E-state index >= 15 is 0 Å². The van der Waals surface area contributed by atoms with Gasteiger partial charge in [-0.3, -0.25) is 4.79 Å². The molecule has 0 spiro atoms. The van der Waals surface area contributed by atoms with Crippen molar-refractivity contribution in [3.63, 3.8) is 0 Å². The fourth-order valence-corrected chi connectivity index (χ4v) is 2.08. The number of aryl methyl sites for hydroxylation is 1. The Hall–Kier alpha value is -2.00. The summed E-state index contributed by atoms with van der Waals surface area (Å²) in [4.78, 5) is 11.9. The number of hydrogen-bond donors (Lipinski definition) is 2. The molecule has 1 amide bonds. The van der Waals surface area contributed by atoms with Crippen molar-refractivity contribution >= 4 is 24.0 Å². The topological polar surface area (TPSA) is 55.1 Å². The third-order valence-electron chi connectivity index (χ3n) is 3.17. The largest absolute Gasteiger partial charge is 0.399 e. The highest BCUT2D eigenvalue weighted by atomic mass is 35.5. The second-order valence-corrected chi connectivity index (χ2v) is 4.82. The minimum Gasteiger partial charge on any atom is -0.399 e. The fourth-order valence-electron chi connectivity index (χ4n) is 2.08. The molecule has 0 heterocycles. The van der Waals surface area contributed by atoms with Crippen molar-refractivity contribution in [3.8, 4) is 0 Å². The SMILES string of the molecule is Cl.Nc1cccc(C(=O)NCCCCc2ccccc2)c1. The van der Waals surface area contributed by atoms with Gasteiger partial charge in [-0.25, -0.2) is 0 Å². The molecule has 21 heavy (non-hydrogen) atoms. The third kappa shape index (κ3) is 5.88. The molecule has 0 unspecified atom stereocenters. The number of anilines is 1. The Bertz CT molecular complexity index is 558. The van der Waals surface area contributed by atoms with Gasteiger partial charge in [0.25, 0.3) is 5.91 Å². The molecule has 0 aromatic heterocycles. The Kier molecular flexibility index (Phi) is 7.33. The molecule has 112 valence electrons. The van der Waals surface area contributed by atoms with Crippen LogP contribution in [-0.2, 0) is 6.42 Å². The van der Waals surface area contributed by atoms with Gasteiger partial charge in [0.1, 0.15) is 0 Å². The number of amides is 1. The zero-order chi connectivity index (χ0) is 14.2. The molecule has 3 N–H and O–H groups in total. The van der Waals surface area contributed by atoms with Crippen LogP contribution in [0.3, 0.4) is 0 Å². The Labute approximate surface area is 132 Å². The minimum absolute atomic E-state index is 0. The van der Waals surface area contributed by atoms with E-state index in [0.29, 0.717) is 17.8 Å². The van der Waals surface area contributed by atoms with Crippen LogP contribution < -0.4 is 11.1 Å². The molecule has 0 fully saturated rings. The fraction of sp³-hybridized carbons (Fsp3) is 0.235. The quantitative estimate of drug-likeness (QED) is 0.634. The van der Waals surface area contributed by atoms with Crippen molar-refractivity contribution in [1.82, 2.24) is 5.32 Å². The Morgan fingerprint density at radius 3 is 2.48 bits per heavy atom. The highest BCUT2D eigenvalue weighted by molar-refractivity contribution is 5.94. The maximum atomic E-state index is 11.9. The average Bonchev–Trinajstić information content (AvgIpc) is 2.48. The molecule has 0 aliphatic rings. The normalized spacial score (nSPS) is 9.71. The van der Waals surface area contributed by atoms with Crippen LogP contribution >= 0.6 is 12.4 Å². The standard InChI is InChI=1S/C17H20N2O.ClH/c18-16-11-6-10-15(13-16)17(20)19-12-5-4-9-14-7-2-1-3-8-14;/h1-3,6-8,10-11,13H,4-5,9,12,18H2,(H,19,20);1H. The summed E-state index contributed by atoms with van der Waals surface area (Å²) in [5, 5.41) is 2.92. The van der Waals surface area contributed by atoms with Crippen molar-refractivity contribution in [3.05, 3.63) is 65.7 Å². The van der Waals surface area contributed by atoms with E-state index in [9.17, 15) is 4.79 Å². The van der Waals surface area contributed by atoms with E-state index in [2.05, 4.69) is 29.6 Å². The lowest BCUT2D eigenvalue weighted by molar-refractivity contribution is 0.0953.